The van der Waals surface area contributed by atoms with Gasteiger partial charge in [-0.25, -0.2) is 0 Å². The second-order valence-electron chi connectivity index (χ2n) is 4.96. The normalized spacial score (nSPS) is 27.6. The van der Waals surface area contributed by atoms with E-state index in [1.54, 1.807) is 4.90 Å². The van der Waals surface area contributed by atoms with E-state index in [9.17, 15) is 18.0 Å². The average molecular weight is 287 g/mol. The molecule has 1 amide bonds. The van der Waals surface area contributed by atoms with E-state index in [0.29, 0.717) is 19.0 Å². The van der Waals surface area contributed by atoms with Crippen LogP contribution in [0.15, 0.2) is 0 Å². The summed E-state index contributed by atoms with van der Waals surface area (Å²) in [4.78, 5) is 13.3. The molecule has 3 rings (SSSR count). The molecule has 18 heavy (non-hydrogen) atoms. The summed E-state index contributed by atoms with van der Waals surface area (Å²) in [6, 6.07) is 0.267. The van der Waals surface area contributed by atoms with E-state index < -0.39 is 19.0 Å². The summed E-state index contributed by atoms with van der Waals surface area (Å²) >= 11 is 0. The fourth-order valence-electron chi connectivity index (χ4n) is 2.55. The van der Waals surface area contributed by atoms with Crippen molar-refractivity contribution in [3.05, 3.63) is 0 Å². The molecule has 0 aliphatic carbocycles. The SMILES string of the molecule is Cl.O=C(CCC(F)(F)F)N1C[C@H]2CC[C@@H](C1)NC2. The Morgan fingerprint density at radius 1 is 1.28 bits per heavy atom. The number of hydrogen-bond donors (Lipinski definition) is 1. The quantitative estimate of drug-likeness (QED) is 0.842. The van der Waals surface area contributed by atoms with E-state index in [1.165, 1.54) is 0 Å². The van der Waals surface area contributed by atoms with Crippen LogP contribution in [-0.4, -0.2) is 42.7 Å². The maximum absolute atomic E-state index is 12.0. The molecule has 3 aliphatic heterocycles. The second kappa shape index (κ2) is 6.10. The molecule has 7 heteroatoms. The lowest BCUT2D eigenvalue weighted by Crippen LogP contribution is -2.40. The summed E-state index contributed by atoms with van der Waals surface area (Å²) in [5.41, 5.74) is 0. The van der Waals surface area contributed by atoms with E-state index >= 15 is 0 Å². The number of nitrogens with one attached hydrogen (secondary N) is 1. The smallest absolute Gasteiger partial charge is 0.341 e. The molecule has 3 fully saturated rings. The van der Waals surface area contributed by atoms with Crippen molar-refractivity contribution in [1.29, 1.82) is 0 Å². The molecule has 0 aromatic carbocycles. The van der Waals surface area contributed by atoms with Crippen LogP contribution in [0.5, 0.6) is 0 Å². The van der Waals surface area contributed by atoms with E-state index in [-0.39, 0.29) is 24.4 Å². The Bertz CT molecular complexity index is 277. The van der Waals surface area contributed by atoms with Crippen LogP contribution in [0.3, 0.4) is 0 Å². The van der Waals surface area contributed by atoms with Crippen LogP contribution in [0.25, 0.3) is 0 Å². The number of fused-ring (bicyclic) bond motifs is 4. The summed E-state index contributed by atoms with van der Waals surface area (Å²) in [5, 5.41) is 3.32. The molecule has 3 saturated heterocycles. The highest BCUT2D eigenvalue weighted by Crippen LogP contribution is 2.25. The largest absolute Gasteiger partial charge is 0.389 e. The van der Waals surface area contributed by atoms with Gasteiger partial charge in [0.2, 0.25) is 5.91 Å². The van der Waals surface area contributed by atoms with Gasteiger partial charge < -0.3 is 10.2 Å². The van der Waals surface area contributed by atoms with Crippen molar-refractivity contribution in [2.75, 3.05) is 19.6 Å². The molecule has 106 valence electrons. The van der Waals surface area contributed by atoms with Crippen molar-refractivity contribution in [2.24, 2.45) is 5.92 Å². The number of halogens is 4. The zero-order valence-corrected chi connectivity index (χ0v) is 10.8. The number of amides is 1. The number of piperidine rings is 1. The Hall–Kier alpha value is -0.490. The molecule has 0 spiro atoms. The Kier molecular flexibility index (Phi) is 5.28. The zero-order valence-electron chi connectivity index (χ0n) is 10.0. The summed E-state index contributed by atoms with van der Waals surface area (Å²) in [6.07, 6.45) is -3.57. The third-order valence-corrected chi connectivity index (χ3v) is 3.51. The van der Waals surface area contributed by atoms with Crippen LogP contribution in [0.4, 0.5) is 13.2 Å². The molecule has 3 aliphatic rings. The standard InChI is InChI=1S/C11H17F3N2O.ClH/c12-11(13,14)4-3-10(17)16-6-8-1-2-9(7-16)15-5-8;/h8-9,15H,1-7H2;1H/t8-,9-;/m0./s1. The van der Waals surface area contributed by atoms with Gasteiger partial charge in [-0.3, -0.25) is 4.79 Å². The van der Waals surface area contributed by atoms with Crippen LogP contribution in [0, 0.1) is 5.92 Å². The minimum atomic E-state index is -4.24. The van der Waals surface area contributed by atoms with Crippen molar-refractivity contribution in [3.63, 3.8) is 0 Å². The summed E-state index contributed by atoms with van der Waals surface area (Å²) in [6.45, 7) is 2.06. The second-order valence-corrected chi connectivity index (χ2v) is 4.96. The van der Waals surface area contributed by atoms with Crippen molar-refractivity contribution in [3.8, 4) is 0 Å². The molecule has 0 radical (unpaired) electrons. The Morgan fingerprint density at radius 2 is 2.00 bits per heavy atom. The lowest BCUT2D eigenvalue weighted by Gasteiger charge is -2.23. The number of carbonyl (C=O) groups excluding carboxylic acids is 1. The first-order valence-corrected chi connectivity index (χ1v) is 6.02. The van der Waals surface area contributed by atoms with Crippen molar-refractivity contribution in [2.45, 2.75) is 37.9 Å². The maximum Gasteiger partial charge on any atom is 0.389 e. The predicted octanol–water partition coefficient (Wildman–Crippen LogP) is 1.96. The zero-order chi connectivity index (χ0) is 12.5. The molecule has 3 heterocycles. The fourth-order valence-corrected chi connectivity index (χ4v) is 2.55. The van der Waals surface area contributed by atoms with Gasteiger partial charge in [0.25, 0.3) is 0 Å². The van der Waals surface area contributed by atoms with Gasteiger partial charge in [-0.15, -0.1) is 12.4 Å². The van der Waals surface area contributed by atoms with E-state index in [0.717, 1.165) is 19.4 Å². The van der Waals surface area contributed by atoms with Crippen LogP contribution < -0.4 is 5.32 Å². The van der Waals surface area contributed by atoms with Crippen molar-refractivity contribution in [1.82, 2.24) is 10.2 Å². The predicted molar refractivity (Wildman–Crippen MR) is 63.6 cm³/mol. The average Bonchev–Trinajstić information content (AvgIpc) is 2.57. The van der Waals surface area contributed by atoms with Gasteiger partial charge in [0.15, 0.2) is 0 Å². The monoisotopic (exact) mass is 286 g/mol. The topological polar surface area (TPSA) is 32.3 Å². The third-order valence-electron chi connectivity index (χ3n) is 3.51. The first kappa shape index (κ1) is 15.6. The van der Waals surface area contributed by atoms with Gasteiger partial charge in [-0.2, -0.15) is 13.2 Å². The van der Waals surface area contributed by atoms with Gasteiger partial charge in [-0.1, -0.05) is 0 Å². The molecule has 1 N–H and O–H groups in total. The Balaban J connectivity index is 0.00000162. The highest BCUT2D eigenvalue weighted by molar-refractivity contribution is 5.85. The molecule has 0 saturated carbocycles. The fraction of sp³-hybridized carbons (Fsp3) is 0.909. The molecule has 3 nitrogen and oxygen atoms in total. The summed E-state index contributed by atoms with van der Waals surface area (Å²) < 4.78 is 36.1. The lowest BCUT2D eigenvalue weighted by molar-refractivity contribution is -0.149. The van der Waals surface area contributed by atoms with Crippen LogP contribution >= 0.6 is 12.4 Å². The molecule has 0 unspecified atom stereocenters. The number of carbonyl (C=O) groups is 1. The van der Waals surface area contributed by atoms with Crippen LogP contribution in [-0.2, 0) is 4.79 Å². The highest BCUT2D eigenvalue weighted by atomic mass is 35.5. The number of alkyl halides is 3. The minimum absolute atomic E-state index is 0. The molecular weight excluding hydrogens is 269 g/mol. The summed E-state index contributed by atoms with van der Waals surface area (Å²) in [7, 11) is 0. The van der Waals surface area contributed by atoms with E-state index in [2.05, 4.69) is 5.32 Å². The van der Waals surface area contributed by atoms with E-state index in [4.69, 9.17) is 0 Å². The van der Waals surface area contributed by atoms with Crippen LogP contribution in [0.1, 0.15) is 25.7 Å². The molecule has 2 bridgehead atoms. The van der Waals surface area contributed by atoms with Gasteiger partial charge in [0, 0.05) is 25.6 Å². The minimum Gasteiger partial charge on any atom is -0.341 e. The van der Waals surface area contributed by atoms with Gasteiger partial charge in [0.05, 0.1) is 6.42 Å². The highest BCUT2D eigenvalue weighted by Gasteiger charge is 2.33. The molecule has 2 atom stereocenters. The molecular formula is C11H18ClF3N2O. The third kappa shape index (κ3) is 4.31. The van der Waals surface area contributed by atoms with Crippen LogP contribution in [0.2, 0.25) is 0 Å². The van der Waals surface area contributed by atoms with Crippen molar-refractivity contribution >= 4 is 18.3 Å². The lowest BCUT2D eigenvalue weighted by atomic mass is 9.97. The Morgan fingerprint density at radius 3 is 2.56 bits per heavy atom. The maximum atomic E-state index is 12.0. The van der Waals surface area contributed by atoms with E-state index in [1.807, 2.05) is 0 Å². The summed E-state index contributed by atoms with van der Waals surface area (Å²) in [5.74, 6) is 0.0477. The number of nitrogens with zero attached hydrogens (tertiary/aromatic N) is 1. The van der Waals surface area contributed by atoms with Gasteiger partial charge >= 0.3 is 6.18 Å². The Labute approximate surface area is 110 Å². The van der Waals surface area contributed by atoms with Crippen molar-refractivity contribution < 1.29 is 18.0 Å². The molecule has 0 aromatic heterocycles. The number of hydrogen-bond acceptors (Lipinski definition) is 2. The van der Waals surface area contributed by atoms with Gasteiger partial charge in [0.1, 0.15) is 0 Å². The van der Waals surface area contributed by atoms with Gasteiger partial charge in [-0.05, 0) is 25.3 Å². The number of rotatable bonds is 2. The first-order chi connectivity index (χ1) is 7.94. The molecule has 0 aromatic rings. The first-order valence-electron chi connectivity index (χ1n) is 6.02.